The van der Waals surface area contributed by atoms with Crippen molar-refractivity contribution in [1.82, 2.24) is 14.7 Å². The van der Waals surface area contributed by atoms with Crippen LogP contribution in [0.1, 0.15) is 12.5 Å². The quantitative estimate of drug-likeness (QED) is 0.744. The van der Waals surface area contributed by atoms with Crippen molar-refractivity contribution >= 4 is 0 Å². The Morgan fingerprint density at radius 2 is 2.40 bits per heavy atom. The fourth-order valence-corrected chi connectivity index (χ4v) is 2.07. The molecule has 1 aliphatic heterocycles. The van der Waals surface area contributed by atoms with Crippen LogP contribution in [-0.4, -0.2) is 41.9 Å². The summed E-state index contributed by atoms with van der Waals surface area (Å²) in [4.78, 5) is 2.20. The zero-order chi connectivity index (χ0) is 10.8. The highest BCUT2D eigenvalue weighted by atomic mass is 16.5. The highest BCUT2D eigenvalue weighted by Crippen LogP contribution is 2.24. The molecule has 1 aliphatic rings. The van der Waals surface area contributed by atoms with Crippen LogP contribution in [0.2, 0.25) is 0 Å². The van der Waals surface area contributed by atoms with Crippen molar-refractivity contribution in [2.24, 2.45) is 5.92 Å². The van der Waals surface area contributed by atoms with E-state index in [1.165, 1.54) is 5.56 Å². The SMILES string of the molecule is CCc1cnn2c1OCC(CN(C)C)C2. The maximum atomic E-state index is 5.77. The molecule has 84 valence electrons. The minimum absolute atomic E-state index is 0.553. The molecule has 0 spiro atoms. The van der Waals surface area contributed by atoms with E-state index in [2.05, 4.69) is 31.0 Å². The Hall–Kier alpha value is -1.03. The van der Waals surface area contributed by atoms with Crippen LogP contribution in [0, 0.1) is 5.92 Å². The van der Waals surface area contributed by atoms with Gasteiger partial charge in [0.05, 0.1) is 19.3 Å². The average molecular weight is 209 g/mol. The standard InChI is InChI=1S/C11H19N3O/c1-4-10-5-12-14-7-9(6-13(2)3)8-15-11(10)14/h5,9H,4,6-8H2,1-3H3. The number of nitrogens with zero attached hydrogens (tertiary/aromatic N) is 3. The largest absolute Gasteiger partial charge is 0.477 e. The molecule has 0 saturated heterocycles. The first-order valence-corrected chi connectivity index (χ1v) is 5.53. The summed E-state index contributed by atoms with van der Waals surface area (Å²) in [5.41, 5.74) is 1.22. The third-order valence-electron chi connectivity index (χ3n) is 2.75. The number of rotatable bonds is 3. The maximum Gasteiger partial charge on any atom is 0.215 e. The molecule has 0 aliphatic carbocycles. The molecule has 1 unspecified atom stereocenters. The van der Waals surface area contributed by atoms with E-state index in [9.17, 15) is 0 Å². The number of fused-ring (bicyclic) bond motifs is 1. The second-order valence-corrected chi connectivity index (χ2v) is 4.45. The van der Waals surface area contributed by atoms with Gasteiger partial charge in [0.15, 0.2) is 0 Å². The van der Waals surface area contributed by atoms with Crippen molar-refractivity contribution in [3.8, 4) is 5.88 Å². The van der Waals surface area contributed by atoms with E-state index in [0.717, 1.165) is 32.0 Å². The minimum atomic E-state index is 0.553. The van der Waals surface area contributed by atoms with Gasteiger partial charge >= 0.3 is 0 Å². The van der Waals surface area contributed by atoms with E-state index in [1.54, 1.807) is 0 Å². The lowest BCUT2D eigenvalue weighted by molar-refractivity contribution is 0.138. The van der Waals surface area contributed by atoms with Crippen LogP contribution in [0.3, 0.4) is 0 Å². The summed E-state index contributed by atoms with van der Waals surface area (Å²) in [6, 6.07) is 0. The third kappa shape index (κ3) is 2.15. The highest BCUT2D eigenvalue weighted by Gasteiger charge is 2.22. The first kappa shape index (κ1) is 10.5. The lowest BCUT2D eigenvalue weighted by Gasteiger charge is -2.26. The summed E-state index contributed by atoms with van der Waals surface area (Å²) in [5, 5.41) is 4.36. The molecule has 0 saturated carbocycles. The number of ether oxygens (including phenoxy) is 1. The number of aromatic nitrogens is 2. The first-order chi connectivity index (χ1) is 7.20. The molecule has 0 N–H and O–H groups in total. The molecule has 4 heteroatoms. The summed E-state index contributed by atoms with van der Waals surface area (Å²) >= 11 is 0. The molecule has 15 heavy (non-hydrogen) atoms. The highest BCUT2D eigenvalue weighted by molar-refractivity contribution is 5.25. The number of hydrogen-bond acceptors (Lipinski definition) is 3. The van der Waals surface area contributed by atoms with Crippen molar-refractivity contribution in [3.05, 3.63) is 11.8 Å². The van der Waals surface area contributed by atoms with Gasteiger partial charge in [-0.25, -0.2) is 4.68 Å². The Balaban J connectivity index is 2.07. The van der Waals surface area contributed by atoms with Gasteiger partial charge in [-0.1, -0.05) is 6.92 Å². The molecule has 2 heterocycles. The molecule has 0 aromatic carbocycles. The third-order valence-corrected chi connectivity index (χ3v) is 2.75. The van der Waals surface area contributed by atoms with E-state index < -0.39 is 0 Å². The van der Waals surface area contributed by atoms with Crippen LogP contribution in [0.15, 0.2) is 6.20 Å². The molecule has 0 radical (unpaired) electrons. The lowest BCUT2D eigenvalue weighted by Crippen LogP contribution is -2.33. The Labute approximate surface area is 90.8 Å². The van der Waals surface area contributed by atoms with Gasteiger partial charge in [-0.2, -0.15) is 5.10 Å². The monoisotopic (exact) mass is 209 g/mol. The number of hydrogen-bond donors (Lipinski definition) is 0. The van der Waals surface area contributed by atoms with Crippen LogP contribution in [0.25, 0.3) is 0 Å². The Morgan fingerprint density at radius 1 is 1.60 bits per heavy atom. The maximum absolute atomic E-state index is 5.77. The molecule has 0 amide bonds. The molecule has 0 bridgehead atoms. The van der Waals surface area contributed by atoms with Crippen molar-refractivity contribution < 1.29 is 4.74 Å². The molecule has 4 nitrogen and oxygen atoms in total. The second kappa shape index (κ2) is 4.23. The Kier molecular flexibility index (Phi) is 2.95. The van der Waals surface area contributed by atoms with Crippen LogP contribution in [-0.2, 0) is 13.0 Å². The molecular weight excluding hydrogens is 190 g/mol. The fourth-order valence-electron chi connectivity index (χ4n) is 2.07. The van der Waals surface area contributed by atoms with Gasteiger partial charge in [0.1, 0.15) is 0 Å². The predicted molar refractivity (Wildman–Crippen MR) is 59.1 cm³/mol. The van der Waals surface area contributed by atoms with Crippen molar-refractivity contribution in [2.45, 2.75) is 19.9 Å². The minimum Gasteiger partial charge on any atom is -0.477 e. The Morgan fingerprint density at radius 3 is 3.07 bits per heavy atom. The van der Waals surface area contributed by atoms with Gasteiger partial charge in [0.2, 0.25) is 5.88 Å². The van der Waals surface area contributed by atoms with E-state index in [0.29, 0.717) is 5.92 Å². The summed E-state index contributed by atoms with van der Waals surface area (Å²) in [6.45, 7) is 4.98. The first-order valence-electron chi connectivity index (χ1n) is 5.53. The van der Waals surface area contributed by atoms with Gasteiger partial charge in [-0.05, 0) is 20.5 Å². The van der Waals surface area contributed by atoms with Gasteiger partial charge < -0.3 is 9.64 Å². The average Bonchev–Trinajstić information content (AvgIpc) is 2.58. The molecule has 1 atom stereocenters. The summed E-state index contributed by atoms with van der Waals surface area (Å²) in [6.07, 6.45) is 2.92. The topological polar surface area (TPSA) is 30.3 Å². The van der Waals surface area contributed by atoms with Crippen LogP contribution in [0.5, 0.6) is 5.88 Å². The van der Waals surface area contributed by atoms with E-state index in [-0.39, 0.29) is 0 Å². The van der Waals surface area contributed by atoms with Crippen molar-refractivity contribution in [2.75, 3.05) is 27.2 Å². The van der Waals surface area contributed by atoms with Gasteiger partial charge in [0.25, 0.3) is 0 Å². The molecule has 1 aromatic heterocycles. The molecule has 2 rings (SSSR count). The van der Waals surface area contributed by atoms with E-state index in [4.69, 9.17) is 4.74 Å². The number of aryl methyl sites for hydroxylation is 1. The predicted octanol–water partition coefficient (Wildman–Crippen LogP) is 1.02. The molecule has 0 fully saturated rings. The van der Waals surface area contributed by atoms with Crippen molar-refractivity contribution in [3.63, 3.8) is 0 Å². The summed E-state index contributed by atoms with van der Waals surface area (Å²) in [5.74, 6) is 1.53. The van der Waals surface area contributed by atoms with Gasteiger partial charge in [0, 0.05) is 18.0 Å². The summed E-state index contributed by atoms with van der Waals surface area (Å²) < 4.78 is 7.77. The zero-order valence-electron chi connectivity index (χ0n) is 9.73. The Bertz CT molecular complexity index is 333. The van der Waals surface area contributed by atoms with Crippen LogP contribution >= 0.6 is 0 Å². The van der Waals surface area contributed by atoms with Crippen LogP contribution < -0.4 is 4.74 Å². The van der Waals surface area contributed by atoms with Gasteiger partial charge in [-0.15, -0.1) is 0 Å². The normalized spacial score (nSPS) is 20.1. The fraction of sp³-hybridized carbons (Fsp3) is 0.727. The van der Waals surface area contributed by atoms with Crippen molar-refractivity contribution in [1.29, 1.82) is 0 Å². The smallest absolute Gasteiger partial charge is 0.215 e. The molecular formula is C11H19N3O. The van der Waals surface area contributed by atoms with Crippen LogP contribution in [0.4, 0.5) is 0 Å². The van der Waals surface area contributed by atoms with E-state index >= 15 is 0 Å². The lowest BCUT2D eigenvalue weighted by atomic mass is 10.1. The molecule has 1 aromatic rings. The van der Waals surface area contributed by atoms with E-state index in [1.807, 2.05) is 10.9 Å². The van der Waals surface area contributed by atoms with Gasteiger partial charge in [-0.3, -0.25) is 0 Å². The summed E-state index contributed by atoms with van der Waals surface area (Å²) in [7, 11) is 4.19. The zero-order valence-corrected chi connectivity index (χ0v) is 9.73. The second-order valence-electron chi connectivity index (χ2n) is 4.45.